The van der Waals surface area contributed by atoms with Gasteiger partial charge in [-0.05, 0) is 44.2 Å². The van der Waals surface area contributed by atoms with Crippen LogP contribution in [0.1, 0.15) is 12.7 Å². The number of benzene rings is 1. The fourth-order valence-electron chi connectivity index (χ4n) is 2.84. The average molecular weight is 443 g/mol. The van der Waals surface area contributed by atoms with Gasteiger partial charge in [-0.1, -0.05) is 17.8 Å². The molecule has 8 nitrogen and oxygen atoms in total. The molecule has 0 aliphatic carbocycles. The molecule has 3 aromatic rings. The molecule has 1 amide bonds. The molecule has 0 unspecified atom stereocenters. The van der Waals surface area contributed by atoms with Gasteiger partial charge in [0.2, 0.25) is 5.91 Å². The predicted octanol–water partition coefficient (Wildman–Crippen LogP) is 3.72. The first kappa shape index (κ1) is 22.5. The number of furan rings is 1. The lowest BCUT2D eigenvalue weighted by Crippen LogP contribution is -2.29. The maximum atomic E-state index is 12.2. The molecule has 3 rings (SSSR count). The smallest absolute Gasteiger partial charge is 0.230 e. The van der Waals surface area contributed by atoms with Crippen LogP contribution in [0.5, 0.6) is 11.5 Å². The van der Waals surface area contributed by atoms with Gasteiger partial charge in [0.15, 0.2) is 11.0 Å². The van der Waals surface area contributed by atoms with Crippen LogP contribution in [0.25, 0.3) is 11.4 Å². The number of carbonyl (C=O) groups is 1. The topological polar surface area (TPSA) is 91.4 Å². The Morgan fingerprint density at radius 3 is 2.61 bits per heavy atom. The molecule has 1 N–H and O–H groups in total. The molecule has 0 fully saturated rings. The minimum absolute atomic E-state index is 0.102. The van der Waals surface area contributed by atoms with Crippen LogP contribution in [-0.4, -0.2) is 46.2 Å². The summed E-state index contributed by atoms with van der Waals surface area (Å²) in [6, 6.07) is 9.24. The number of carbonyl (C=O) groups excluding carboxylic acids is 1. The van der Waals surface area contributed by atoms with Crippen LogP contribution in [0.3, 0.4) is 0 Å². The van der Waals surface area contributed by atoms with Crippen LogP contribution in [-0.2, 0) is 11.3 Å². The fourth-order valence-corrected chi connectivity index (χ4v) is 3.62. The number of hydrogen-bond donors (Lipinski definition) is 1. The zero-order valence-electron chi connectivity index (χ0n) is 17.7. The Morgan fingerprint density at radius 1 is 1.23 bits per heavy atom. The molecular formula is C22H26N4O4S. The summed E-state index contributed by atoms with van der Waals surface area (Å²) in [5.74, 6) is 3.11. The van der Waals surface area contributed by atoms with E-state index in [1.165, 1.54) is 11.8 Å². The van der Waals surface area contributed by atoms with Gasteiger partial charge >= 0.3 is 0 Å². The molecule has 1 aromatic carbocycles. The van der Waals surface area contributed by atoms with Crippen LogP contribution >= 0.6 is 11.8 Å². The highest BCUT2D eigenvalue weighted by atomic mass is 32.2. The summed E-state index contributed by atoms with van der Waals surface area (Å²) in [7, 11) is 0. The third kappa shape index (κ3) is 6.14. The lowest BCUT2D eigenvalue weighted by atomic mass is 10.2. The first-order valence-electron chi connectivity index (χ1n) is 9.96. The number of aryl methyl sites for hydroxylation is 1. The van der Waals surface area contributed by atoms with Crippen LogP contribution < -0.4 is 14.8 Å². The highest BCUT2D eigenvalue weighted by Gasteiger charge is 2.17. The SMILES string of the molecule is C=CCn1c(SCC(=O)NCCOc2ccc(OCC)cc2)nnc1-c1ccoc1C. The van der Waals surface area contributed by atoms with E-state index in [0.717, 1.165) is 22.8 Å². The van der Waals surface area contributed by atoms with Crippen molar-refractivity contribution in [2.45, 2.75) is 25.5 Å². The molecule has 0 radical (unpaired) electrons. The molecule has 31 heavy (non-hydrogen) atoms. The van der Waals surface area contributed by atoms with E-state index in [0.29, 0.717) is 37.3 Å². The zero-order valence-corrected chi connectivity index (χ0v) is 18.5. The van der Waals surface area contributed by atoms with E-state index in [4.69, 9.17) is 13.9 Å². The number of nitrogens with zero attached hydrogens (tertiary/aromatic N) is 3. The van der Waals surface area contributed by atoms with Crippen molar-refractivity contribution in [2.75, 3.05) is 25.5 Å². The molecule has 0 aliphatic heterocycles. The second kappa shape index (κ2) is 11.3. The Balaban J connectivity index is 1.46. The van der Waals surface area contributed by atoms with Gasteiger partial charge < -0.3 is 19.2 Å². The third-order valence-corrected chi connectivity index (χ3v) is 5.26. The summed E-state index contributed by atoms with van der Waals surface area (Å²) in [6.45, 7) is 9.55. The van der Waals surface area contributed by atoms with E-state index in [2.05, 4.69) is 22.1 Å². The van der Waals surface area contributed by atoms with Gasteiger partial charge in [0.25, 0.3) is 0 Å². The van der Waals surface area contributed by atoms with Crippen LogP contribution in [0.2, 0.25) is 0 Å². The highest BCUT2D eigenvalue weighted by Crippen LogP contribution is 2.27. The van der Waals surface area contributed by atoms with Crippen molar-refractivity contribution in [3.8, 4) is 22.9 Å². The van der Waals surface area contributed by atoms with Gasteiger partial charge in [0, 0.05) is 6.54 Å². The molecule has 0 bridgehead atoms. The number of amides is 1. The van der Waals surface area contributed by atoms with Gasteiger partial charge in [0.1, 0.15) is 23.9 Å². The maximum Gasteiger partial charge on any atom is 0.230 e. The van der Waals surface area contributed by atoms with Gasteiger partial charge in [-0.25, -0.2) is 0 Å². The molecule has 0 saturated carbocycles. The number of aromatic nitrogens is 3. The van der Waals surface area contributed by atoms with Crippen molar-refractivity contribution >= 4 is 17.7 Å². The van der Waals surface area contributed by atoms with E-state index in [1.807, 2.05) is 48.7 Å². The van der Waals surface area contributed by atoms with Gasteiger partial charge in [-0.3, -0.25) is 9.36 Å². The summed E-state index contributed by atoms with van der Waals surface area (Å²) in [5.41, 5.74) is 0.872. The molecule has 164 valence electrons. The molecule has 0 saturated heterocycles. The largest absolute Gasteiger partial charge is 0.494 e. The first-order valence-corrected chi connectivity index (χ1v) is 10.9. The number of ether oxygens (including phenoxy) is 2. The van der Waals surface area contributed by atoms with Crippen molar-refractivity contribution < 1.29 is 18.7 Å². The summed E-state index contributed by atoms with van der Waals surface area (Å²) in [5, 5.41) is 12.0. The molecule has 2 heterocycles. The summed E-state index contributed by atoms with van der Waals surface area (Å²) < 4.78 is 18.3. The van der Waals surface area contributed by atoms with Crippen molar-refractivity contribution in [2.24, 2.45) is 0 Å². The second-order valence-electron chi connectivity index (χ2n) is 6.49. The van der Waals surface area contributed by atoms with Crippen molar-refractivity contribution in [3.05, 3.63) is 55.0 Å². The second-order valence-corrected chi connectivity index (χ2v) is 7.43. The minimum atomic E-state index is -0.102. The summed E-state index contributed by atoms with van der Waals surface area (Å²) in [6.07, 6.45) is 3.39. The Morgan fingerprint density at radius 2 is 1.97 bits per heavy atom. The molecule has 0 aliphatic rings. The fraction of sp³-hybridized carbons (Fsp3) is 0.318. The minimum Gasteiger partial charge on any atom is -0.494 e. The number of thioether (sulfide) groups is 1. The number of nitrogens with one attached hydrogen (secondary N) is 1. The average Bonchev–Trinajstić information content (AvgIpc) is 3.37. The molecule has 0 spiro atoms. The molecule has 0 atom stereocenters. The zero-order chi connectivity index (χ0) is 22.1. The Labute approximate surface area is 185 Å². The van der Waals surface area contributed by atoms with Gasteiger partial charge in [-0.15, -0.1) is 16.8 Å². The van der Waals surface area contributed by atoms with E-state index in [9.17, 15) is 4.79 Å². The predicted molar refractivity (Wildman–Crippen MR) is 119 cm³/mol. The van der Waals surface area contributed by atoms with Crippen molar-refractivity contribution in [3.63, 3.8) is 0 Å². The maximum absolute atomic E-state index is 12.2. The Bertz CT molecular complexity index is 997. The Kier molecular flexibility index (Phi) is 8.17. The lowest BCUT2D eigenvalue weighted by molar-refractivity contribution is -0.118. The number of hydrogen-bond acceptors (Lipinski definition) is 7. The van der Waals surface area contributed by atoms with Gasteiger partial charge in [-0.2, -0.15) is 0 Å². The van der Waals surface area contributed by atoms with Crippen molar-refractivity contribution in [1.82, 2.24) is 20.1 Å². The van der Waals surface area contributed by atoms with Crippen LogP contribution in [0, 0.1) is 6.92 Å². The monoisotopic (exact) mass is 442 g/mol. The molecule has 2 aromatic heterocycles. The van der Waals surface area contributed by atoms with E-state index in [1.54, 1.807) is 12.3 Å². The van der Waals surface area contributed by atoms with E-state index in [-0.39, 0.29) is 11.7 Å². The molecule has 9 heteroatoms. The van der Waals surface area contributed by atoms with E-state index >= 15 is 0 Å². The first-order chi connectivity index (χ1) is 15.1. The van der Waals surface area contributed by atoms with Crippen LogP contribution in [0.15, 0.2) is 58.8 Å². The van der Waals surface area contributed by atoms with E-state index < -0.39 is 0 Å². The lowest BCUT2D eigenvalue weighted by Gasteiger charge is -2.09. The quantitative estimate of drug-likeness (QED) is 0.260. The van der Waals surface area contributed by atoms with Crippen LogP contribution in [0.4, 0.5) is 0 Å². The highest BCUT2D eigenvalue weighted by molar-refractivity contribution is 7.99. The summed E-state index contributed by atoms with van der Waals surface area (Å²) >= 11 is 1.32. The standard InChI is InChI=1S/C22H26N4O4S/c1-4-12-26-21(19-10-13-29-16(19)3)24-25-22(26)31-15-20(27)23-11-14-30-18-8-6-17(7-9-18)28-5-2/h4,6-10,13H,1,5,11-12,14-15H2,2-3H3,(H,23,27). The number of allylic oxidation sites excluding steroid dienone is 1. The normalized spacial score (nSPS) is 10.6. The Hall–Kier alpha value is -3.20. The summed E-state index contributed by atoms with van der Waals surface area (Å²) in [4.78, 5) is 12.2. The third-order valence-electron chi connectivity index (χ3n) is 4.29. The van der Waals surface area contributed by atoms with Crippen molar-refractivity contribution in [1.29, 1.82) is 0 Å². The van der Waals surface area contributed by atoms with Gasteiger partial charge in [0.05, 0.1) is 30.7 Å². The molecular weight excluding hydrogens is 416 g/mol. The number of rotatable bonds is 12.